The smallest absolute Gasteiger partial charge is 0.141 e. The number of nitrogens with one attached hydrogen (secondary N) is 1. The maximum atomic E-state index is 5.56. The Balaban J connectivity index is 2.27. The van der Waals surface area contributed by atoms with Gasteiger partial charge in [-0.05, 0) is 26.8 Å². The summed E-state index contributed by atoms with van der Waals surface area (Å²) in [7, 11) is 0. The number of ether oxygens (including phenoxy) is 1. The zero-order valence-electron chi connectivity index (χ0n) is 9.66. The van der Waals surface area contributed by atoms with E-state index in [2.05, 4.69) is 29.1 Å². The molecular weight excluding hydrogens is 190 g/mol. The van der Waals surface area contributed by atoms with Gasteiger partial charge in [0.1, 0.15) is 5.82 Å². The monoisotopic (exact) mass is 209 g/mol. The van der Waals surface area contributed by atoms with E-state index in [1.807, 2.05) is 13.0 Å². The molecule has 1 N–H and O–H groups in total. The van der Waals surface area contributed by atoms with Gasteiger partial charge in [-0.25, -0.2) is 9.97 Å². The minimum absolute atomic E-state index is 0.135. The van der Waals surface area contributed by atoms with Gasteiger partial charge in [0.15, 0.2) is 0 Å². The molecule has 0 fully saturated rings. The summed E-state index contributed by atoms with van der Waals surface area (Å²) in [6, 6.07) is 1.81. The first kappa shape index (κ1) is 12.1. The number of nitrogens with zero attached hydrogens (tertiary/aromatic N) is 2. The number of rotatable bonds is 6. The van der Waals surface area contributed by atoms with Gasteiger partial charge in [0.05, 0.1) is 12.1 Å². The molecule has 0 amide bonds. The van der Waals surface area contributed by atoms with Gasteiger partial charge in [0.2, 0.25) is 0 Å². The first-order valence-electron chi connectivity index (χ1n) is 5.24. The summed E-state index contributed by atoms with van der Waals surface area (Å²) in [6.07, 6.45) is 3.50. The third-order valence-corrected chi connectivity index (χ3v) is 1.99. The summed E-state index contributed by atoms with van der Waals surface area (Å²) in [5.74, 6) is 0.810. The van der Waals surface area contributed by atoms with Gasteiger partial charge < -0.3 is 10.1 Å². The van der Waals surface area contributed by atoms with Gasteiger partial charge in [-0.15, -0.1) is 0 Å². The third kappa shape index (κ3) is 4.85. The van der Waals surface area contributed by atoms with Gasteiger partial charge >= 0.3 is 0 Å². The molecule has 84 valence electrons. The first-order chi connectivity index (χ1) is 7.14. The second-order valence-corrected chi connectivity index (χ2v) is 3.96. The molecule has 0 aromatic carbocycles. The highest BCUT2D eigenvalue weighted by Crippen LogP contribution is 2.06. The molecule has 0 spiro atoms. The van der Waals surface area contributed by atoms with Crippen molar-refractivity contribution in [1.29, 1.82) is 0 Å². The van der Waals surface area contributed by atoms with Crippen molar-refractivity contribution in [3.63, 3.8) is 0 Å². The van der Waals surface area contributed by atoms with Crippen molar-refractivity contribution in [2.75, 3.05) is 13.2 Å². The highest BCUT2D eigenvalue weighted by Gasteiger charge is 2.16. The minimum atomic E-state index is -0.135. The fourth-order valence-electron chi connectivity index (χ4n) is 1.34. The van der Waals surface area contributed by atoms with Crippen molar-refractivity contribution in [2.24, 2.45) is 0 Å². The molecule has 0 radical (unpaired) electrons. The second kappa shape index (κ2) is 5.78. The Morgan fingerprint density at radius 2 is 2.00 bits per heavy atom. The lowest BCUT2D eigenvalue weighted by atomic mass is 10.1. The third-order valence-electron chi connectivity index (χ3n) is 1.99. The lowest BCUT2D eigenvalue weighted by molar-refractivity contribution is -0.00906. The fourth-order valence-corrected chi connectivity index (χ4v) is 1.34. The van der Waals surface area contributed by atoms with Gasteiger partial charge in [-0.1, -0.05) is 0 Å². The lowest BCUT2D eigenvalue weighted by Gasteiger charge is -2.24. The predicted molar refractivity (Wildman–Crippen MR) is 59.4 cm³/mol. The molecule has 0 aliphatic carbocycles. The van der Waals surface area contributed by atoms with E-state index in [4.69, 9.17) is 4.74 Å². The van der Waals surface area contributed by atoms with Gasteiger partial charge in [0, 0.05) is 25.5 Å². The molecule has 0 saturated heterocycles. The average molecular weight is 209 g/mol. The quantitative estimate of drug-likeness (QED) is 0.769. The number of hydrogen-bond donors (Lipinski definition) is 1. The Bertz CT molecular complexity index is 274. The Kier molecular flexibility index (Phi) is 4.65. The summed E-state index contributed by atoms with van der Waals surface area (Å²) < 4.78 is 5.56. The Hall–Kier alpha value is -1.00. The molecule has 0 aliphatic rings. The van der Waals surface area contributed by atoms with Crippen LogP contribution in [0.25, 0.3) is 0 Å². The van der Waals surface area contributed by atoms with E-state index in [0.29, 0.717) is 6.54 Å². The molecular formula is C11H19N3O. The average Bonchev–Trinajstić information content (AvgIpc) is 2.19. The maximum Gasteiger partial charge on any atom is 0.141 e. The van der Waals surface area contributed by atoms with Crippen molar-refractivity contribution >= 4 is 0 Å². The van der Waals surface area contributed by atoms with E-state index in [9.17, 15) is 0 Å². The van der Waals surface area contributed by atoms with Crippen LogP contribution >= 0.6 is 0 Å². The molecule has 1 aromatic rings. The topological polar surface area (TPSA) is 47.0 Å². The van der Waals surface area contributed by atoms with Gasteiger partial charge in [-0.2, -0.15) is 0 Å². The molecule has 4 heteroatoms. The molecule has 1 aromatic heterocycles. The van der Waals surface area contributed by atoms with Crippen molar-refractivity contribution in [2.45, 2.75) is 32.9 Å². The van der Waals surface area contributed by atoms with Crippen LogP contribution in [0.15, 0.2) is 18.5 Å². The van der Waals surface area contributed by atoms with E-state index in [0.717, 1.165) is 19.0 Å². The summed E-state index contributed by atoms with van der Waals surface area (Å²) in [5.41, 5.74) is -0.135. The number of hydrogen-bond acceptors (Lipinski definition) is 4. The van der Waals surface area contributed by atoms with Gasteiger partial charge in [0.25, 0.3) is 0 Å². The molecule has 1 rings (SSSR count). The van der Waals surface area contributed by atoms with Crippen LogP contribution in [0, 0.1) is 0 Å². The van der Waals surface area contributed by atoms with Crippen LogP contribution < -0.4 is 5.32 Å². The van der Waals surface area contributed by atoms with Crippen molar-refractivity contribution in [1.82, 2.24) is 15.3 Å². The zero-order chi connectivity index (χ0) is 11.1. The van der Waals surface area contributed by atoms with Crippen LogP contribution in [-0.2, 0) is 11.3 Å². The molecule has 0 unspecified atom stereocenters. The molecule has 0 atom stereocenters. The van der Waals surface area contributed by atoms with Crippen molar-refractivity contribution in [3.8, 4) is 0 Å². The normalized spacial score (nSPS) is 11.7. The van der Waals surface area contributed by atoms with Crippen LogP contribution in [0.3, 0.4) is 0 Å². The van der Waals surface area contributed by atoms with E-state index in [-0.39, 0.29) is 5.60 Å². The maximum absolute atomic E-state index is 5.56. The number of aromatic nitrogens is 2. The highest BCUT2D eigenvalue weighted by atomic mass is 16.5. The SMILES string of the molecule is CCOC(C)(C)CNCc1ncccn1. The Labute approximate surface area is 91.1 Å². The van der Waals surface area contributed by atoms with E-state index >= 15 is 0 Å². The molecule has 0 aliphatic heterocycles. The Morgan fingerprint density at radius 3 is 2.60 bits per heavy atom. The fraction of sp³-hybridized carbons (Fsp3) is 0.636. The van der Waals surface area contributed by atoms with Gasteiger partial charge in [-0.3, -0.25) is 0 Å². The van der Waals surface area contributed by atoms with E-state index in [1.165, 1.54) is 0 Å². The van der Waals surface area contributed by atoms with Crippen molar-refractivity contribution in [3.05, 3.63) is 24.3 Å². The summed E-state index contributed by atoms with van der Waals surface area (Å²) in [4.78, 5) is 8.26. The molecule has 15 heavy (non-hydrogen) atoms. The predicted octanol–water partition coefficient (Wildman–Crippen LogP) is 1.38. The highest BCUT2D eigenvalue weighted by molar-refractivity contribution is 4.88. The molecule has 0 saturated carbocycles. The molecule has 4 nitrogen and oxygen atoms in total. The van der Waals surface area contributed by atoms with Crippen LogP contribution in [0.5, 0.6) is 0 Å². The standard InChI is InChI=1S/C11H19N3O/c1-4-15-11(2,3)9-12-8-10-13-6-5-7-14-10/h5-7,12H,4,8-9H2,1-3H3. The minimum Gasteiger partial charge on any atom is -0.375 e. The first-order valence-corrected chi connectivity index (χ1v) is 5.24. The summed E-state index contributed by atoms with van der Waals surface area (Å²) in [6.45, 7) is 8.33. The van der Waals surface area contributed by atoms with Crippen molar-refractivity contribution < 1.29 is 4.74 Å². The summed E-state index contributed by atoms with van der Waals surface area (Å²) in [5, 5.41) is 3.28. The zero-order valence-corrected chi connectivity index (χ0v) is 9.66. The largest absolute Gasteiger partial charge is 0.375 e. The molecule has 1 heterocycles. The van der Waals surface area contributed by atoms with Crippen LogP contribution in [-0.4, -0.2) is 28.7 Å². The van der Waals surface area contributed by atoms with E-state index < -0.39 is 0 Å². The summed E-state index contributed by atoms with van der Waals surface area (Å²) >= 11 is 0. The Morgan fingerprint density at radius 1 is 1.33 bits per heavy atom. The van der Waals surface area contributed by atoms with Crippen LogP contribution in [0.2, 0.25) is 0 Å². The van der Waals surface area contributed by atoms with E-state index in [1.54, 1.807) is 12.4 Å². The van der Waals surface area contributed by atoms with Crippen LogP contribution in [0.4, 0.5) is 0 Å². The van der Waals surface area contributed by atoms with Crippen LogP contribution in [0.1, 0.15) is 26.6 Å². The second-order valence-electron chi connectivity index (χ2n) is 3.96. The molecule has 0 bridgehead atoms. The lowest BCUT2D eigenvalue weighted by Crippen LogP contribution is -2.37.